The molecule has 0 aliphatic heterocycles. The summed E-state index contributed by atoms with van der Waals surface area (Å²) in [7, 11) is 1.48. The molecule has 1 aromatic carbocycles. The molecule has 7 nitrogen and oxygen atoms in total. The van der Waals surface area contributed by atoms with Crippen LogP contribution in [0.4, 0.5) is 0 Å². The maximum absolute atomic E-state index is 11.9. The van der Waals surface area contributed by atoms with Gasteiger partial charge < -0.3 is 10.1 Å². The van der Waals surface area contributed by atoms with Gasteiger partial charge in [-0.1, -0.05) is 17.7 Å². The number of amides is 3. The second kappa shape index (κ2) is 8.01. The molecule has 1 aromatic rings. The highest BCUT2D eigenvalue weighted by Crippen LogP contribution is 2.09. The minimum Gasteiger partial charge on any atom is -0.383 e. The van der Waals surface area contributed by atoms with E-state index in [9.17, 15) is 14.4 Å². The molecule has 7 heteroatoms. The van der Waals surface area contributed by atoms with E-state index in [0.717, 1.165) is 11.1 Å². The summed E-state index contributed by atoms with van der Waals surface area (Å²) in [6, 6.07) is 5.31. The number of methoxy groups -OCH3 is 1. The Hall–Kier alpha value is -2.41. The first-order valence-corrected chi connectivity index (χ1v) is 6.40. The minimum absolute atomic E-state index is 0.216. The molecule has 3 amide bonds. The van der Waals surface area contributed by atoms with Gasteiger partial charge in [0.1, 0.15) is 0 Å². The topological polar surface area (TPSA) is 96.5 Å². The minimum atomic E-state index is -0.941. The van der Waals surface area contributed by atoms with Crippen LogP contribution >= 0.6 is 0 Å². The van der Waals surface area contributed by atoms with Gasteiger partial charge in [0.15, 0.2) is 0 Å². The Morgan fingerprint density at radius 1 is 1.10 bits per heavy atom. The van der Waals surface area contributed by atoms with Gasteiger partial charge in [0.2, 0.25) is 0 Å². The van der Waals surface area contributed by atoms with Crippen LogP contribution in [0.3, 0.4) is 0 Å². The van der Waals surface area contributed by atoms with Crippen LogP contribution in [0.2, 0.25) is 0 Å². The molecule has 0 unspecified atom stereocenters. The van der Waals surface area contributed by atoms with E-state index in [0.29, 0.717) is 12.2 Å². The first kappa shape index (κ1) is 16.6. The third-order valence-corrected chi connectivity index (χ3v) is 2.71. The molecule has 21 heavy (non-hydrogen) atoms. The van der Waals surface area contributed by atoms with Gasteiger partial charge in [-0.2, -0.15) is 0 Å². The molecule has 0 saturated heterocycles. The smallest absolute Gasteiger partial charge is 0.327 e. The first-order chi connectivity index (χ1) is 9.95. The summed E-state index contributed by atoms with van der Waals surface area (Å²) in [6.45, 7) is 4.23. The summed E-state index contributed by atoms with van der Waals surface area (Å²) in [4.78, 5) is 34.7. The highest BCUT2D eigenvalue weighted by atomic mass is 16.5. The van der Waals surface area contributed by atoms with Gasteiger partial charge in [0.25, 0.3) is 5.91 Å². The highest BCUT2D eigenvalue weighted by Gasteiger charge is 2.15. The van der Waals surface area contributed by atoms with Crippen LogP contribution in [0.15, 0.2) is 18.2 Å². The fraction of sp³-hybridized carbons (Fsp3) is 0.357. The van der Waals surface area contributed by atoms with Crippen molar-refractivity contribution in [2.45, 2.75) is 13.8 Å². The summed E-state index contributed by atoms with van der Waals surface area (Å²) in [6.07, 6.45) is 0. The third-order valence-electron chi connectivity index (χ3n) is 2.71. The van der Waals surface area contributed by atoms with E-state index in [-0.39, 0.29) is 6.54 Å². The van der Waals surface area contributed by atoms with Crippen LogP contribution < -0.4 is 16.2 Å². The second-order valence-corrected chi connectivity index (χ2v) is 4.48. The molecule has 0 aromatic heterocycles. The number of aryl methyl sites for hydroxylation is 2. The predicted molar refractivity (Wildman–Crippen MR) is 76.4 cm³/mol. The van der Waals surface area contributed by atoms with Crippen LogP contribution in [0.5, 0.6) is 0 Å². The van der Waals surface area contributed by atoms with E-state index in [1.807, 2.05) is 13.0 Å². The Kier molecular flexibility index (Phi) is 6.35. The Morgan fingerprint density at radius 3 is 2.43 bits per heavy atom. The summed E-state index contributed by atoms with van der Waals surface area (Å²) in [5, 5.41) is 2.34. The SMILES string of the molecule is COCCNC(=O)C(=O)NNC(=O)c1ccc(C)cc1C. The molecule has 0 aliphatic rings. The van der Waals surface area contributed by atoms with Crippen molar-refractivity contribution in [3.05, 3.63) is 34.9 Å². The fourth-order valence-corrected chi connectivity index (χ4v) is 1.65. The Balaban J connectivity index is 2.49. The summed E-state index contributed by atoms with van der Waals surface area (Å²) >= 11 is 0. The number of rotatable bonds is 4. The molecule has 0 atom stereocenters. The zero-order valence-corrected chi connectivity index (χ0v) is 12.3. The molecule has 0 aliphatic carbocycles. The van der Waals surface area contributed by atoms with Crippen LogP contribution in [0.1, 0.15) is 21.5 Å². The molecule has 114 valence electrons. The van der Waals surface area contributed by atoms with Gasteiger partial charge in [0.05, 0.1) is 6.61 Å². The average Bonchev–Trinajstić information content (AvgIpc) is 2.44. The molecular formula is C14H19N3O4. The van der Waals surface area contributed by atoms with Crippen LogP contribution in [-0.2, 0) is 14.3 Å². The Bertz CT molecular complexity index is 543. The lowest BCUT2D eigenvalue weighted by molar-refractivity contribution is -0.139. The molecule has 0 spiro atoms. The maximum atomic E-state index is 11.9. The number of benzene rings is 1. The van der Waals surface area contributed by atoms with Crippen molar-refractivity contribution in [3.8, 4) is 0 Å². The monoisotopic (exact) mass is 293 g/mol. The quantitative estimate of drug-likeness (QED) is 0.408. The van der Waals surface area contributed by atoms with Crippen molar-refractivity contribution < 1.29 is 19.1 Å². The number of hydrogen-bond donors (Lipinski definition) is 3. The lowest BCUT2D eigenvalue weighted by Gasteiger charge is -2.09. The van der Waals surface area contributed by atoms with E-state index in [1.165, 1.54) is 7.11 Å². The zero-order chi connectivity index (χ0) is 15.8. The highest BCUT2D eigenvalue weighted by molar-refractivity contribution is 6.35. The number of ether oxygens (including phenoxy) is 1. The van der Waals surface area contributed by atoms with E-state index in [2.05, 4.69) is 16.2 Å². The first-order valence-electron chi connectivity index (χ1n) is 6.40. The summed E-state index contributed by atoms with van der Waals surface area (Å²) < 4.78 is 4.73. The molecule has 0 saturated carbocycles. The fourth-order valence-electron chi connectivity index (χ4n) is 1.65. The number of hydrogen-bond acceptors (Lipinski definition) is 4. The van der Waals surface area contributed by atoms with E-state index in [1.54, 1.807) is 19.1 Å². The van der Waals surface area contributed by atoms with Gasteiger partial charge in [-0.25, -0.2) is 0 Å². The van der Waals surface area contributed by atoms with Gasteiger partial charge in [-0.15, -0.1) is 0 Å². The van der Waals surface area contributed by atoms with Crippen molar-refractivity contribution in [2.24, 2.45) is 0 Å². The maximum Gasteiger partial charge on any atom is 0.327 e. The number of nitrogens with one attached hydrogen (secondary N) is 3. The number of carbonyl (C=O) groups excluding carboxylic acids is 3. The van der Waals surface area contributed by atoms with E-state index >= 15 is 0 Å². The zero-order valence-electron chi connectivity index (χ0n) is 12.3. The van der Waals surface area contributed by atoms with Gasteiger partial charge in [-0.3, -0.25) is 25.2 Å². The molecule has 0 heterocycles. The Morgan fingerprint density at radius 2 is 1.81 bits per heavy atom. The Labute approximate surface area is 123 Å². The summed E-state index contributed by atoms with van der Waals surface area (Å²) in [5.74, 6) is -2.26. The molecule has 0 bridgehead atoms. The van der Waals surface area contributed by atoms with Crippen LogP contribution in [0, 0.1) is 13.8 Å². The number of hydrazine groups is 1. The largest absolute Gasteiger partial charge is 0.383 e. The molecule has 0 fully saturated rings. The molecule has 3 N–H and O–H groups in total. The summed E-state index contributed by atoms with van der Waals surface area (Å²) in [5.41, 5.74) is 6.51. The van der Waals surface area contributed by atoms with Crippen LogP contribution in [-0.4, -0.2) is 38.0 Å². The lowest BCUT2D eigenvalue weighted by Crippen LogP contribution is -2.49. The normalized spacial score (nSPS) is 9.86. The van der Waals surface area contributed by atoms with Crippen molar-refractivity contribution in [3.63, 3.8) is 0 Å². The van der Waals surface area contributed by atoms with Crippen molar-refractivity contribution in [1.29, 1.82) is 0 Å². The van der Waals surface area contributed by atoms with Gasteiger partial charge in [0, 0.05) is 19.2 Å². The third kappa shape index (κ3) is 5.23. The van der Waals surface area contributed by atoms with Gasteiger partial charge >= 0.3 is 11.8 Å². The predicted octanol–water partition coefficient (Wildman–Crippen LogP) is -0.173. The average molecular weight is 293 g/mol. The molecular weight excluding hydrogens is 274 g/mol. The van der Waals surface area contributed by atoms with Crippen molar-refractivity contribution in [2.75, 3.05) is 20.3 Å². The standard InChI is InChI=1S/C14H19N3O4/c1-9-4-5-11(10(2)8-9)12(18)16-17-14(20)13(19)15-6-7-21-3/h4-5,8H,6-7H2,1-3H3,(H,15,19)(H,16,18)(H,17,20). The van der Waals surface area contributed by atoms with E-state index < -0.39 is 17.7 Å². The van der Waals surface area contributed by atoms with Crippen LogP contribution in [0.25, 0.3) is 0 Å². The van der Waals surface area contributed by atoms with Crippen molar-refractivity contribution >= 4 is 17.7 Å². The van der Waals surface area contributed by atoms with E-state index in [4.69, 9.17) is 4.74 Å². The second-order valence-electron chi connectivity index (χ2n) is 4.48. The molecule has 0 radical (unpaired) electrons. The van der Waals surface area contributed by atoms with Gasteiger partial charge in [-0.05, 0) is 25.5 Å². The molecule has 1 rings (SSSR count). The number of carbonyl (C=O) groups is 3. The lowest BCUT2D eigenvalue weighted by atomic mass is 10.1. The van der Waals surface area contributed by atoms with Crippen molar-refractivity contribution in [1.82, 2.24) is 16.2 Å².